The lowest BCUT2D eigenvalue weighted by atomic mass is 10.2. The van der Waals surface area contributed by atoms with Gasteiger partial charge in [0.15, 0.2) is 0 Å². The standard InChI is InChI=1S/C20H27N5/c1-15-16(2)25(12-8-11-24(3)4)20-18(15)19(22-14-23-20)21-13-17-9-6-5-7-10-17/h5-7,9-10,14H,8,11-13H2,1-4H3,(H,21,22,23)/p+1. The van der Waals surface area contributed by atoms with E-state index in [0.29, 0.717) is 0 Å². The zero-order valence-electron chi connectivity index (χ0n) is 15.6. The number of benzene rings is 1. The number of hydrogen-bond acceptors (Lipinski definition) is 3. The average Bonchev–Trinajstić information content (AvgIpc) is 2.86. The maximum Gasteiger partial charge on any atom is 0.145 e. The summed E-state index contributed by atoms with van der Waals surface area (Å²) in [6.45, 7) is 7.27. The Morgan fingerprint density at radius 3 is 2.56 bits per heavy atom. The second-order valence-corrected chi connectivity index (χ2v) is 6.93. The minimum atomic E-state index is 0.764. The van der Waals surface area contributed by atoms with E-state index in [1.807, 2.05) is 6.07 Å². The molecule has 0 spiro atoms. The highest BCUT2D eigenvalue weighted by atomic mass is 15.1. The number of aryl methyl sites for hydroxylation is 2. The Labute approximate surface area is 149 Å². The number of nitrogens with one attached hydrogen (secondary N) is 2. The largest absolute Gasteiger partial charge is 0.365 e. The van der Waals surface area contributed by atoms with E-state index in [1.54, 1.807) is 6.33 Å². The number of hydrogen-bond donors (Lipinski definition) is 2. The van der Waals surface area contributed by atoms with E-state index in [9.17, 15) is 0 Å². The van der Waals surface area contributed by atoms with Crippen molar-refractivity contribution < 1.29 is 4.90 Å². The van der Waals surface area contributed by atoms with Gasteiger partial charge in [-0.1, -0.05) is 30.3 Å². The maximum atomic E-state index is 4.58. The molecule has 3 aromatic rings. The van der Waals surface area contributed by atoms with Crippen LogP contribution in [0.15, 0.2) is 36.7 Å². The monoisotopic (exact) mass is 338 g/mol. The van der Waals surface area contributed by atoms with Gasteiger partial charge in [0.1, 0.15) is 17.8 Å². The van der Waals surface area contributed by atoms with Crippen molar-refractivity contribution >= 4 is 16.9 Å². The van der Waals surface area contributed by atoms with Gasteiger partial charge in [-0.25, -0.2) is 9.97 Å². The Morgan fingerprint density at radius 2 is 1.84 bits per heavy atom. The van der Waals surface area contributed by atoms with E-state index in [0.717, 1.165) is 42.9 Å². The van der Waals surface area contributed by atoms with Crippen LogP contribution in [0.2, 0.25) is 0 Å². The van der Waals surface area contributed by atoms with E-state index in [2.05, 4.69) is 72.1 Å². The molecular formula is C20H28N5+. The van der Waals surface area contributed by atoms with Gasteiger partial charge in [-0.2, -0.15) is 0 Å². The number of nitrogens with zero attached hydrogens (tertiary/aromatic N) is 3. The highest BCUT2D eigenvalue weighted by Crippen LogP contribution is 2.29. The van der Waals surface area contributed by atoms with E-state index in [1.165, 1.54) is 21.7 Å². The van der Waals surface area contributed by atoms with Crippen LogP contribution >= 0.6 is 0 Å². The zero-order chi connectivity index (χ0) is 17.8. The Kier molecular flexibility index (Phi) is 5.34. The molecule has 0 amide bonds. The predicted molar refractivity (Wildman–Crippen MR) is 103 cm³/mol. The van der Waals surface area contributed by atoms with Gasteiger partial charge in [0.2, 0.25) is 0 Å². The summed E-state index contributed by atoms with van der Waals surface area (Å²) in [5.41, 5.74) is 4.83. The third-order valence-electron chi connectivity index (χ3n) is 4.77. The molecule has 2 aromatic heterocycles. The molecule has 2 N–H and O–H groups in total. The van der Waals surface area contributed by atoms with E-state index in [-0.39, 0.29) is 0 Å². The van der Waals surface area contributed by atoms with Crippen LogP contribution in [-0.4, -0.2) is 35.2 Å². The Balaban J connectivity index is 1.87. The molecule has 0 saturated carbocycles. The molecule has 1 aromatic carbocycles. The molecule has 5 heteroatoms. The molecule has 0 fully saturated rings. The van der Waals surface area contributed by atoms with Crippen molar-refractivity contribution in [2.45, 2.75) is 33.4 Å². The van der Waals surface area contributed by atoms with Crippen molar-refractivity contribution in [2.75, 3.05) is 26.0 Å². The van der Waals surface area contributed by atoms with Gasteiger partial charge in [-0.05, 0) is 25.0 Å². The lowest BCUT2D eigenvalue weighted by molar-refractivity contribution is -0.858. The van der Waals surface area contributed by atoms with Crippen LogP contribution in [0.1, 0.15) is 23.2 Å². The summed E-state index contributed by atoms with van der Waals surface area (Å²) in [6.07, 6.45) is 2.81. The first kappa shape index (κ1) is 17.4. The zero-order valence-corrected chi connectivity index (χ0v) is 15.6. The number of aromatic nitrogens is 3. The lowest BCUT2D eigenvalue weighted by Crippen LogP contribution is -3.05. The molecule has 0 atom stereocenters. The Hall–Kier alpha value is -2.40. The topological polar surface area (TPSA) is 47.2 Å². The highest BCUT2D eigenvalue weighted by Gasteiger charge is 2.16. The summed E-state index contributed by atoms with van der Waals surface area (Å²) in [5.74, 6) is 0.923. The Bertz CT molecular complexity index is 836. The number of anilines is 1. The SMILES string of the molecule is Cc1c(C)n(CCC[NH+](C)C)c2ncnc(NCc3ccccc3)c12. The van der Waals surface area contributed by atoms with Crippen LogP contribution in [0, 0.1) is 13.8 Å². The lowest BCUT2D eigenvalue weighted by Gasteiger charge is -2.10. The molecule has 5 nitrogen and oxygen atoms in total. The van der Waals surface area contributed by atoms with Crippen LogP contribution in [-0.2, 0) is 13.1 Å². The van der Waals surface area contributed by atoms with E-state index in [4.69, 9.17) is 0 Å². The second-order valence-electron chi connectivity index (χ2n) is 6.93. The first-order valence-electron chi connectivity index (χ1n) is 8.95. The van der Waals surface area contributed by atoms with Gasteiger partial charge in [0.25, 0.3) is 0 Å². The molecule has 0 saturated heterocycles. The van der Waals surface area contributed by atoms with Gasteiger partial charge >= 0.3 is 0 Å². The second kappa shape index (κ2) is 7.66. The molecule has 3 rings (SSSR count). The molecule has 0 aliphatic heterocycles. The van der Waals surface area contributed by atoms with Crippen molar-refractivity contribution in [3.63, 3.8) is 0 Å². The van der Waals surface area contributed by atoms with Gasteiger partial charge < -0.3 is 14.8 Å². The number of fused-ring (bicyclic) bond motifs is 1. The van der Waals surface area contributed by atoms with Crippen molar-refractivity contribution in [1.29, 1.82) is 0 Å². The van der Waals surface area contributed by atoms with Crippen molar-refractivity contribution in [2.24, 2.45) is 0 Å². The number of rotatable bonds is 7. The fraction of sp³-hybridized carbons (Fsp3) is 0.400. The normalized spacial score (nSPS) is 11.4. The molecule has 0 aliphatic rings. The van der Waals surface area contributed by atoms with Crippen LogP contribution < -0.4 is 10.2 Å². The Morgan fingerprint density at radius 1 is 1.08 bits per heavy atom. The van der Waals surface area contributed by atoms with E-state index >= 15 is 0 Å². The summed E-state index contributed by atoms with van der Waals surface area (Å²) in [7, 11) is 4.39. The molecular weight excluding hydrogens is 310 g/mol. The summed E-state index contributed by atoms with van der Waals surface area (Å²) in [5, 5.41) is 4.64. The minimum absolute atomic E-state index is 0.764. The first-order chi connectivity index (χ1) is 12.1. The van der Waals surface area contributed by atoms with Gasteiger partial charge in [0.05, 0.1) is 26.0 Å². The van der Waals surface area contributed by atoms with Gasteiger partial charge in [0, 0.05) is 25.2 Å². The quantitative estimate of drug-likeness (QED) is 0.694. The number of quaternary nitrogens is 1. The summed E-state index contributed by atoms with van der Waals surface area (Å²) >= 11 is 0. The summed E-state index contributed by atoms with van der Waals surface area (Å²) in [6, 6.07) is 10.4. The fourth-order valence-corrected chi connectivity index (χ4v) is 3.25. The molecule has 0 radical (unpaired) electrons. The highest BCUT2D eigenvalue weighted by molar-refractivity contribution is 5.91. The third-order valence-corrected chi connectivity index (χ3v) is 4.77. The average molecular weight is 338 g/mol. The van der Waals surface area contributed by atoms with Crippen LogP contribution in [0.5, 0.6) is 0 Å². The van der Waals surface area contributed by atoms with Gasteiger partial charge in [-0.3, -0.25) is 0 Å². The maximum absolute atomic E-state index is 4.58. The molecule has 0 aliphatic carbocycles. The smallest absolute Gasteiger partial charge is 0.145 e. The van der Waals surface area contributed by atoms with Crippen LogP contribution in [0.4, 0.5) is 5.82 Å². The van der Waals surface area contributed by atoms with Crippen molar-refractivity contribution in [1.82, 2.24) is 14.5 Å². The predicted octanol–water partition coefficient (Wildman–Crippen LogP) is 2.19. The fourth-order valence-electron chi connectivity index (χ4n) is 3.25. The molecule has 0 bridgehead atoms. The van der Waals surface area contributed by atoms with E-state index < -0.39 is 0 Å². The third kappa shape index (κ3) is 3.82. The van der Waals surface area contributed by atoms with Gasteiger partial charge in [-0.15, -0.1) is 0 Å². The minimum Gasteiger partial charge on any atom is -0.365 e. The van der Waals surface area contributed by atoms with Crippen LogP contribution in [0.25, 0.3) is 11.0 Å². The summed E-state index contributed by atoms with van der Waals surface area (Å²) in [4.78, 5) is 10.6. The molecule has 132 valence electrons. The molecule has 2 heterocycles. The van der Waals surface area contributed by atoms with Crippen molar-refractivity contribution in [3.05, 3.63) is 53.5 Å². The van der Waals surface area contributed by atoms with Crippen LogP contribution in [0.3, 0.4) is 0 Å². The van der Waals surface area contributed by atoms with Crippen molar-refractivity contribution in [3.8, 4) is 0 Å². The summed E-state index contributed by atoms with van der Waals surface area (Å²) < 4.78 is 2.34. The first-order valence-corrected chi connectivity index (χ1v) is 8.95. The molecule has 25 heavy (non-hydrogen) atoms. The molecule has 0 unspecified atom stereocenters.